The average molecular weight is 359 g/mol. The number of nitriles is 1. The van der Waals surface area contributed by atoms with Gasteiger partial charge >= 0.3 is 6.18 Å². The topological polar surface area (TPSA) is 35.8 Å². The van der Waals surface area contributed by atoms with Crippen LogP contribution >= 0.6 is 15.9 Å². The van der Waals surface area contributed by atoms with E-state index < -0.39 is 17.6 Å². The smallest absolute Gasteiger partial charge is 0.354 e. The van der Waals surface area contributed by atoms with Gasteiger partial charge in [-0.1, -0.05) is 0 Å². The molecule has 2 aromatic carbocycles. The van der Waals surface area contributed by atoms with E-state index in [-0.39, 0.29) is 11.3 Å². The Bertz CT molecular complexity index is 720. The molecule has 0 amide bonds. The molecule has 0 bridgehead atoms. The fourth-order valence-corrected chi connectivity index (χ4v) is 2.11. The van der Waals surface area contributed by atoms with E-state index in [9.17, 15) is 17.6 Å². The van der Waals surface area contributed by atoms with E-state index in [0.717, 1.165) is 18.2 Å². The van der Waals surface area contributed by atoms with Gasteiger partial charge in [0.25, 0.3) is 0 Å². The monoisotopic (exact) mass is 358 g/mol. The van der Waals surface area contributed by atoms with Crippen molar-refractivity contribution in [2.45, 2.75) is 6.18 Å². The number of rotatable bonds is 2. The molecule has 0 aliphatic heterocycles. The van der Waals surface area contributed by atoms with E-state index in [1.807, 2.05) is 0 Å². The van der Waals surface area contributed by atoms with Crippen molar-refractivity contribution < 1.29 is 17.6 Å². The number of anilines is 2. The summed E-state index contributed by atoms with van der Waals surface area (Å²) in [5.74, 6) is -0.458. The van der Waals surface area contributed by atoms with Gasteiger partial charge in [-0.05, 0) is 52.3 Å². The van der Waals surface area contributed by atoms with Crippen LogP contribution in [0.25, 0.3) is 0 Å². The van der Waals surface area contributed by atoms with Gasteiger partial charge in [0.05, 0.1) is 22.5 Å². The van der Waals surface area contributed by atoms with Crippen molar-refractivity contribution in [3.63, 3.8) is 0 Å². The number of nitrogens with one attached hydrogen (secondary N) is 1. The highest BCUT2D eigenvalue weighted by molar-refractivity contribution is 9.10. The van der Waals surface area contributed by atoms with Crippen LogP contribution in [0.2, 0.25) is 0 Å². The molecule has 0 aliphatic carbocycles. The number of hydrogen-bond donors (Lipinski definition) is 1. The summed E-state index contributed by atoms with van der Waals surface area (Å²) in [4.78, 5) is 0. The van der Waals surface area contributed by atoms with Crippen LogP contribution in [0.1, 0.15) is 11.1 Å². The van der Waals surface area contributed by atoms with Crippen molar-refractivity contribution >= 4 is 27.3 Å². The summed E-state index contributed by atoms with van der Waals surface area (Å²) in [6.45, 7) is 0. The summed E-state index contributed by atoms with van der Waals surface area (Å²) < 4.78 is 51.2. The lowest BCUT2D eigenvalue weighted by molar-refractivity contribution is -0.137. The fraction of sp³-hybridized carbons (Fsp3) is 0.0714. The normalized spacial score (nSPS) is 11.0. The molecule has 7 heteroatoms. The Balaban J connectivity index is 2.39. The number of hydrogen-bond acceptors (Lipinski definition) is 2. The van der Waals surface area contributed by atoms with Crippen LogP contribution in [0.5, 0.6) is 0 Å². The standard InChI is InChI=1S/C14H7BrF4N2/c15-11-6-10(16)2-4-13(11)21-12-3-1-9(14(17,18)19)5-8(12)7-20/h1-6,21H. The SMILES string of the molecule is N#Cc1cc(C(F)(F)F)ccc1Nc1ccc(F)cc1Br. The zero-order valence-corrected chi connectivity index (χ0v) is 11.9. The number of halogens is 5. The molecular formula is C14H7BrF4N2. The number of benzene rings is 2. The second kappa shape index (κ2) is 5.74. The van der Waals surface area contributed by atoms with Crippen molar-refractivity contribution in [2.75, 3.05) is 5.32 Å². The highest BCUT2D eigenvalue weighted by atomic mass is 79.9. The van der Waals surface area contributed by atoms with Crippen LogP contribution < -0.4 is 5.32 Å². The Morgan fingerprint density at radius 1 is 1.05 bits per heavy atom. The van der Waals surface area contributed by atoms with Crippen LogP contribution in [0, 0.1) is 17.1 Å². The molecule has 108 valence electrons. The van der Waals surface area contributed by atoms with E-state index in [0.29, 0.717) is 10.2 Å². The lowest BCUT2D eigenvalue weighted by atomic mass is 10.1. The Morgan fingerprint density at radius 3 is 2.29 bits per heavy atom. The first-order valence-electron chi connectivity index (χ1n) is 5.64. The van der Waals surface area contributed by atoms with Crippen LogP contribution in [0.3, 0.4) is 0 Å². The van der Waals surface area contributed by atoms with Crippen molar-refractivity contribution in [2.24, 2.45) is 0 Å². The number of alkyl halides is 3. The Morgan fingerprint density at radius 2 is 1.71 bits per heavy atom. The van der Waals surface area contributed by atoms with E-state index >= 15 is 0 Å². The summed E-state index contributed by atoms with van der Waals surface area (Å²) in [7, 11) is 0. The minimum atomic E-state index is -4.51. The molecule has 0 spiro atoms. The van der Waals surface area contributed by atoms with E-state index in [1.54, 1.807) is 6.07 Å². The minimum Gasteiger partial charge on any atom is -0.354 e. The minimum absolute atomic E-state index is 0.152. The molecule has 2 aromatic rings. The van der Waals surface area contributed by atoms with Crippen LogP contribution in [-0.2, 0) is 6.18 Å². The molecule has 0 fully saturated rings. The van der Waals surface area contributed by atoms with Gasteiger partial charge < -0.3 is 5.32 Å². The second-order valence-corrected chi connectivity index (χ2v) is 4.97. The summed E-state index contributed by atoms with van der Waals surface area (Å²) in [6, 6.07) is 8.33. The predicted octanol–water partition coefficient (Wildman–Crippen LogP) is 5.22. The molecule has 0 heterocycles. The molecular weight excluding hydrogens is 352 g/mol. The summed E-state index contributed by atoms with van der Waals surface area (Å²) in [5, 5.41) is 11.8. The lowest BCUT2D eigenvalue weighted by Gasteiger charge is -2.12. The van der Waals surface area contributed by atoms with Gasteiger partial charge in [-0.25, -0.2) is 4.39 Å². The third-order valence-corrected chi connectivity index (χ3v) is 3.32. The zero-order chi connectivity index (χ0) is 15.6. The van der Waals surface area contributed by atoms with Crippen molar-refractivity contribution in [3.05, 3.63) is 57.8 Å². The first-order chi connectivity index (χ1) is 9.81. The molecule has 0 aromatic heterocycles. The van der Waals surface area contributed by atoms with Gasteiger partial charge in [-0.2, -0.15) is 18.4 Å². The molecule has 0 saturated heterocycles. The van der Waals surface area contributed by atoms with Crippen LogP contribution in [0.4, 0.5) is 28.9 Å². The van der Waals surface area contributed by atoms with Crippen molar-refractivity contribution in [1.82, 2.24) is 0 Å². The maximum Gasteiger partial charge on any atom is 0.416 e. The van der Waals surface area contributed by atoms with Crippen molar-refractivity contribution in [1.29, 1.82) is 5.26 Å². The highest BCUT2D eigenvalue weighted by Crippen LogP contribution is 2.33. The Kier molecular flexibility index (Phi) is 4.19. The zero-order valence-electron chi connectivity index (χ0n) is 10.3. The molecule has 0 unspecified atom stereocenters. The Hall–Kier alpha value is -2.07. The van der Waals surface area contributed by atoms with Gasteiger partial charge in [-0.15, -0.1) is 0 Å². The quantitative estimate of drug-likeness (QED) is 0.746. The first kappa shape index (κ1) is 15.3. The highest BCUT2D eigenvalue weighted by Gasteiger charge is 2.31. The second-order valence-electron chi connectivity index (χ2n) is 4.12. The molecule has 0 aliphatic rings. The number of nitrogens with zero attached hydrogens (tertiary/aromatic N) is 1. The largest absolute Gasteiger partial charge is 0.416 e. The van der Waals surface area contributed by atoms with Gasteiger partial charge in [-0.3, -0.25) is 0 Å². The summed E-state index contributed by atoms with van der Waals surface area (Å²) >= 11 is 3.13. The molecule has 0 saturated carbocycles. The van der Waals surface area contributed by atoms with Gasteiger partial charge in [0, 0.05) is 4.47 Å². The average Bonchev–Trinajstić information content (AvgIpc) is 2.41. The maximum atomic E-state index is 13.0. The van der Waals surface area contributed by atoms with E-state index in [2.05, 4.69) is 21.2 Å². The van der Waals surface area contributed by atoms with Crippen LogP contribution in [-0.4, -0.2) is 0 Å². The van der Waals surface area contributed by atoms with E-state index in [4.69, 9.17) is 5.26 Å². The molecule has 0 atom stereocenters. The Labute approximate surface area is 126 Å². The van der Waals surface area contributed by atoms with Gasteiger partial charge in [0.15, 0.2) is 0 Å². The fourth-order valence-electron chi connectivity index (χ4n) is 1.66. The molecule has 1 N–H and O–H groups in total. The summed E-state index contributed by atoms with van der Waals surface area (Å²) in [5.41, 5.74) is -0.408. The van der Waals surface area contributed by atoms with Crippen molar-refractivity contribution in [3.8, 4) is 6.07 Å². The maximum absolute atomic E-state index is 13.0. The molecule has 0 radical (unpaired) electrons. The molecule has 2 rings (SSSR count). The third-order valence-electron chi connectivity index (χ3n) is 2.67. The molecule has 2 nitrogen and oxygen atoms in total. The first-order valence-corrected chi connectivity index (χ1v) is 6.44. The lowest BCUT2D eigenvalue weighted by Crippen LogP contribution is -2.06. The van der Waals surface area contributed by atoms with Gasteiger partial charge in [0.2, 0.25) is 0 Å². The van der Waals surface area contributed by atoms with Gasteiger partial charge in [0.1, 0.15) is 11.9 Å². The predicted molar refractivity (Wildman–Crippen MR) is 73.5 cm³/mol. The molecule has 21 heavy (non-hydrogen) atoms. The van der Waals surface area contributed by atoms with E-state index in [1.165, 1.54) is 18.2 Å². The summed E-state index contributed by atoms with van der Waals surface area (Å²) in [6.07, 6.45) is -4.51. The third kappa shape index (κ3) is 3.52. The van der Waals surface area contributed by atoms with Crippen LogP contribution in [0.15, 0.2) is 40.9 Å².